The maximum atomic E-state index is 13.0. The van der Waals surface area contributed by atoms with Gasteiger partial charge >= 0.3 is 0 Å². The van der Waals surface area contributed by atoms with E-state index in [1.54, 1.807) is 36.7 Å². The highest BCUT2D eigenvalue weighted by Crippen LogP contribution is 2.23. The van der Waals surface area contributed by atoms with Crippen LogP contribution in [0.2, 0.25) is 5.02 Å². The Morgan fingerprint density at radius 1 is 1.04 bits per heavy atom. The maximum Gasteiger partial charge on any atom is 0.228 e. The number of carbonyl (C=O) groups is 2. The topological polar surface area (TPSA) is 59.1 Å². The van der Waals surface area contributed by atoms with Crippen LogP contribution in [0.15, 0.2) is 73.1 Å². The number of halogens is 2. The number of aromatic nitrogens is 1. The summed E-state index contributed by atoms with van der Waals surface area (Å²) < 4.78 is 13.0. The summed E-state index contributed by atoms with van der Waals surface area (Å²) in [6.07, 6.45) is 3.81. The monoisotopic (exact) mass is 396 g/mol. The van der Waals surface area contributed by atoms with Gasteiger partial charge < -0.3 is 5.32 Å². The van der Waals surface area contributed by atoms with Gasteiger partial charge in [0.25, 0.3) is 0 Å². The Hall–Kier alpha value is -3.05. The summed E-state index contributed by atoms with van der Waals surface area (Å²) in [5.41, 5.74) is 2.04. The van der Waals surface area contributed by atoms with Crippen molar-refractivity contribution in [2.75, 3.05) is 6.54 Å². The zero-order chi connectivity index (χ0) is 19.9. The summed E-state index contributed by atoms with van der Waals surface area (Å²) in [5.74, 6) is -1.48. The lowest BCUT2D eigenvalue weighted by atomic mass is 9.91. The van der Waals surface area contributed by atoms with Crippen molar-refractivity contribution < 1.29 is 14.0 Å². The first-order valence-electron chi connectivity index (χ1n) is 8.74. The lowest BCUT2D eigenvalue weighted by molar-refractivity contribution is -0.122. The molecule has 1 amide bonds. The molecular formula is C22H18ClFN2O2. The fraction of sp³-hybridized carbons (Fsp3) is 0.136. The molecule has 0 spiro atoms. The van der Waals surface area contributed by atoms with Crippen LogP contribution >= 0.6 is 11.6 Å². The summed E-state index contributed by atoms with van der Waals surface area (Å²) >= 11 is 5.96. The summed E-state index contributed by atoms with van der Waals surface area (Å²) in [7, 11) is 0. The Morgan fingerprint density at radius 2 is 1.75 bits per heavy atom. The second kappa shape index (κ2) is 9.24. The molecule has 0 aliphatic rings. The van der Waals surface area contributed by atoms with Crippen molar-refractivity contribution >= 4 is 23.3 Å². The van der Waals surface area contributed by atoms with E-state index in [1.165, 1.54) is 24.3 Å². The molecule has 0 aliphatic carbocycles. The molecule has 0 saturated carbocycles. The molecular weight excluding hydrogens is 379 g/mol. The standard InChI is InChI=1S/C22H18ClFN2O2/c23-18-7-3-16(4-8-18)20(12-15-2-1-11-25-13-15)22(28)26-14-21(27)17-5-9-19(24)10-6-17/h1-11,13,20H,12,14H2,(H,26,28). The van der Waals surface area contributed by atoms with Gasteiger partial charge in [0.2, 0.25) is 5.91 Å². The highest BCUT2D eigenvalue weighted by molar-refractivity contribution is 6.30. The smallest absolute Gasteiger partial charge is 0.228 e. The number of Topliss-reactive ketones (excluding diaryl/α,β-unsaturated/α-hetero) is 1. The van der Waals surface area contributed by atoms with Crippen LogP contribution in [-0.2, 0) is 11.2 Å². The molecule has 28 heavy (non-hydrogen) atoms. The predicted molar refractivity (Wildman–Crippen MR) is 106 cm³/mol. The molecule has 142 valence electrons. The van der Waals surface area contributed by atoms with Crippen molar-refractivity contribution in [1.29, 1.82) is 0 Å². The molecule has 1 heterocycles. The Balaban J connectivity index is 1.73. The fourth-order valence-corrected chi connectivity index (χ4v) is 2.97. The first kappa shape index (κ1) is 19.7. The molecule has 3 aromatic rings. The van der Waals surface area contributed by atoms with E-state index >= 15 is 0 Å². The van der Waals surface area contributed by atoms with Crippen molar-refractivity contribution in [3.8, 4) is 0 Å². The van der Waals surface area contributed by atoms with E-state index in [9.17, 15) is 14.0 Å². The molecule has 2 aromatic carbocycles. The second-order valence-corrected chi connectivity index (χ2v) is 6.75. The molecule has 1 N–H and O–H groups in total. The first-order chi connectivity index (χ1) is 13.5. The Kier molecular flexibility index (Phi) is 6.50. The van der Waals surface area contributed by atoms with Crippen molar-refractivity contribution in [1.82, 2.24) is 10.3 Å². The minimum Gasteiger partial charge on any atom is -0.348 e. The SMILES string of the molecule is O=C(CNC(=O)C(Cc1cccnc1)c1ccc(Cl)cc1)c1ccc(F)cc1. The summed E-state index contributed by atoms with van der Waals surface area (Å²) in [4.78, 5) is 29.2. The highest BCUT2D eigenvalue weighted by Gasteiger charge is 2.22. The zero-order valence-electron chi connectivity index (χ0n) is 14.9. The van der Waals surface area contributed by atoms with Gasteiger partial charge in [-0.15, -0.1) is 0 Å². The zero-order valence-corrected chi connectivity index (χ0v) is 15.7. The second-order valence-electron chi connectivity index (χ2n) is 6.32. The van der Waals surface area contributed by atoms with Gasteiger partial charge in [-0.2, -0.15) is 0 Å². The number of hydrogen-bond donors (Lipinski definition) is 1. The Bertz CT molecular complexity index is 945. The molecule has 1 aromatic heterocycles. The van der Waals surface area contributed by atoms with E-state index < -0.39 is 11.7 Å². The molecule has 0 bridgehead atoms. The third-order valence-electron chi connectivity index (χ3n) is 4.34. The van der Waals surface area contributed by atoms with Crippen molar-refractivity contribution in [2.45, 2.75) is 12.3 Å². The number of nitrogens with zero attached hydrogens (tertiary/aromatic N) is 1. The molecule has 3 rings (SSSR count). The highest BCUT2D eigenvalue weighted by atomic mass is 35.5. The number of amides is 1. The summed E-state index contributed by atoms with van der Waals surface area (Å²) in [5, 5.41) is 3.27. The molecule has 6 heteroatoms. The van der Waals surface area contributed by atoms with Gasteiger partial charge in [0.05, 0.1) is 12.5 Å². The quantitative estimate of drug-likeness (QED) is 0.609. The van der Waals surface area contributed by atoms with Gasteiger partial charge in [-0.3, -0.25) is 14.6 Å². The Labute approximate surface area is 167 Å². The van der Waals surface area contributed by atoms with Crippen LogP contribution in [0, 0.1) is 5.82 Å². The number of benzene rings is 2. The van der Waals surface area contributed by atoms with Crippen LogP contribution in [0.4, 0.5) is 4.39 Å². The van der Waals surface area contributed by atoms with Crippen LogP contribution < -0.4 is 5.32 Å². The van der Waals surface area contributed by atoms with E-state index in [-0.39, 0.29) is 18.2 Å². The minimum atomic E-state index is -0.498. The average Bonchev–Trinajstić information content (AvgIpc) is 2.72. The lowest BCUT2D eigenvalue weighted by Gasteiger charge is -2.17. The first-order valence-corrected chi connectivity index (χ1v) is 9.11. The van der Waals surface area contributed by atoms with Gasteiger partial charge in [-0.25, -0.2) is 4.39 Å². The van der Waals surface area contributed by atoms with Gasteiger partial charge in [-0.1, -0.05) is 29.8 Å². The molecule has 4 nitrogen and oxygen atoms in total. The van der Waals surface area contributed by atoms with Crippen molar-refractivity contribution in [2.24, 2.45) is 0 Å². The van der Waals surface area contributed by atoms with Crippen LogP contribution in [0.1, 0.15) is 27.4 Å². The predicted octanol–water partition coefficient (Wildman–Crippen LogP) is 4.20. The summed E-state index contributed by atoms with van der Waals surface area (Å²) in [6.45, 7) is -0.165. The number of hydrogen-bond acceptors (Lipinski definition) is 3. The maximum absolute atomic E-state index is 13.0. The Morgan fingerprint density at radius 3 is 2.39 bits per heavy atom. The van der Waals surface area contributed by atoms with Crippen LogP contribution in [-0.4, -0.2) is 23.2 Å². The number of nitrogens with one attached hydrogen (secondary N) is 1. The van der Waals surface area contributed by atoms with E-state index in [0.717, 1.165) is 11.1 Å². The molecule has 0 saturated heterocycles. The largest absolute Gasteiger partial charge is 0.348 e. The van der Waals surface area contributed by atoms with E-state index in [4.69, 9.17) is 11.6 Å². The van der Waals surface area contributed by atoms with Crippen LogP contribution in [0.5, 0.6) is 0 Å². The third-order valence-corrected chi connectivity index (χ3v) is 4.59. The van der Waals surface area contributed by atoms with Crippen LogP contribution in [0.25, 0.3) is 0 Å². The molecule has 0 aliphatic heterocycles. The van der Waals surface area contributed by atoms with E-state index in [0.29, 0.717) is 17.0 Å². The number of pyridine rings is 1. The van der Waals surface area contributed by atoms with Gasteiger partial charge in [-0.05, 0) is 60.0 Å². The number of rotatable bonds is 7. The molecule has 0 radical (unpaired) electrons. The number of ketones is 1. The summed E-state index contributed by atoms with van der Waals surface area (Å²) in [6, 6.07) is 16.0. The van der Waals surface area contributed by atoms with E-state index in [1.807, 2.05) is 12.1 Å². The molecule has 1 atom stereocenters. The van der Waals surface area contributed by atoms with Crippen LogP contribution in [0.3, 0.4) is 0 Å². The minimum absolute atomic E-state index is 0.165. The normalized spacial score (nSPS) is 11.6. The van der Waals surface area contributed by atoms with Gasteiger partial charge in [0, 0.05) is 23.0 Å². The number of carbonyl (C=O) groups excluding carboxylic acids is 2. The van der Waals surface area contributed by atoms with Crippen molar-refractivity contribution in [3.63, 3.8) is 0 Å². The fourth-order valence-electron chi connectivity index (χ4n) is 2.84. The van der Waals surface area contributed by atoms with Gasteiger partial charge in [0.1, 0.15) is 5.82 Å². The molecule has 1 unspecified atom stereocenters. The molecule has 0 fully saturated rings. The van der Waals surface area contributed by atoms with E-state index in [2.05, 4.69) is 10.3 Å². The lowest BCUT2D eigenvalue weighted by Crippen LogP contribution is -2.34. The van der Waals surface area contributed by atoms with Gasteiger partial charge in [0.15, 0.2) is 5.78 Å². The third kappa shape index (κ3) is 5.24. The average molecular weight is 397 g/mol. The van der Waals surface area contributed by atoms with Crippen molar-refractivity contribution in [3.05, 3.63) is 101 Å².